The molecule has 0 aliphatic carbocycles. The molecule has 0 bridgehead atoms. The van der Waals surface area contributed by atoms with Crippen LogP contribution in [0.15, 0.2) is 0 Å². The van der Waals surface area contributed by atoms with E-state index in [4.69, 9.17) is 37.0 Å². The molecule has 0 amide bonds. The highest BCUT2D eigenvalue weighted by molar-refractivity contribution is 7.47. The van der Waals surface area contributed by atoms with Gasteiger partial charge in [-0.05, 0) is 49.4 Å². The van der Waals surface area contributed by atoms with Crippen LogP contribution in [0.3, 0.4) is 0 Å². The van der Waals surface area contributed by atoms with Crippen LogP contribution in [0, 0.1) is 23.7 Å². The fourth-order valence-electron chi connectivity index (χ4n) is 10.3. The summed E-state index contributed by atoms with van der Waals surface area (Å²) < 4.78 is 68.2. The molecular formula is C69H134O17P2. The summed E-state index contributed by atoms with van der Waals surface area (Å²) in [6, 6.07) is 0. The molecule has 0 spiro atoms. The number of phosphoric acid groups is 2. The van der Waals surface area contributed by atoms with Gasteiger partial charge < -0.3 is 33.8 Å². The SMILES string of the molecule is CC(C)CCCCCCCCCCCCCCC(=O)OC[C@H](COP(=O)(O)OCC(O)COP(=O)(O)OC[C@@H](COC(=O)CCCCCCCCCC(C)C)OC(=O)CCCCCCCCCCCCC(C)C)OC(=O)CCCCCCCCCC(C)C. The van der Waals surface area contributed by atoms with Gasteiger partial charge in [-0.25, -0.2) is 9.13 Å². The number of carbonyl (C=O) groups is 4. The first-order chi connectivity index (χ1) is 42.1. The van der Waals surface area contributed by atoms with Gasteiger partial charge in [0.2, 0.25) is 0 Å². The van der Waals surface area contributed by atoms with Crippen molar-refractivity contribution in [3.8, 4) is 0 Å². The maximum atomic E-state index is 13.0. The van der Waals surface area contributed by atoms with Crippen molar-refractivity contribution < 1.29 is 80.2 Å². The first-order valence-corrected chi connectivity index (χ1v) is 38.7. The van der Waals surface area contributed by atoms with Crippen LogP contribution < -0.4 is 0 Å². The number of hydrogen-bond donors (Lipinski definition) is 3. The van der Waals surface area contributed by atoms with Crippen LogP contribution >= 0.6 is 15.6 Å². The molecule has 0 saturated heterocycles. The molecule has 3 unspecified atom stereocenters. The molecule has 3 N–H and O–H groups in total. The third kappa shape index (κ3) is 62.8. The first-order valence-electron chi connectivity index (χ1n) is 35.7. The third-order valence-electron chi connectivity index (χ3n) is 15.8. The monoisotopic (exact) mass is 1300 g/mol. The largest absolute Gasteiger partial charge is 0.472 e. The molecule has 522 valence electrons. The van der Waals surface area contributed by atoms with Crippen molar-refractivity contribution in [1.29, 1.82) is 0 Å². The van der Waals surface area contributed by atoms with Crippen LogP contribution in [0.2, 0.25) is 0 Å². The lowest BCUT2D eigenvalue weighted by molar-refractivity contribution is -0.161. The number of phosphoric ester groups is 2. The normalized spacial score (nSPS) is 14.3. The molecule has 0 fully saturated rings. The Morgan fingerprint density at radius 3 is 0.705 bits per heavy atom. The molecule has 0 radical (unpaired) electrons. The fourth-order valence-corrected chi connectivity index (χ4v) is 11.9. The van der Waals surface area contributed by atoms with Crippen molar-refractivity contribution in [2.75, 3.05) is 39.6 Å². The van der Waals surface area contributed by atoms with Crippen molar-refractivity contribution in [1.82, 2.24) is 0 Å². The van der Waals surface area contributed by atoms with Gasteiger partial charge in [-0.2, -0.15) is 0 Å². The summed E-state index contributed by atoms with van der Waals surface area (Å²) in [7, 11) is -9.90. The summed E-state index contributed by atoms with van der Waals surface area (Å²) in [4.78, 5) is 72.4. The van der Waals surface area contributed by atoms with Gasteiger partial charge in [-0.3, -0.25) is 37.3 Å². The van der Waals surface area contributed by atoms with Gasteiger partial charge in [-0.15, -0.1) is 0 Å². The maximum absolute atomic E-state index is 13.0. The van der Waals surface area contributed by atoms with Crippen molar-refractivity contribution in [3.05, 3.63) is 0 Å². The number of unbranched alkanes of at least 4 members (excludes halogenated alkanes) is 32. The second-order valence-corrected chi connectivity index (χ2v) is 29.7. The lowest BCUT2D eigenvalue weighted by Gasteiger charge is -2.21. The van der Waals surface area contributed by atoms with E-state index in [1.54, 1.807) is 0 Å². The van der Waals surface area contributed by atoms with E-state index in [2.05, 4.69) is 55.4 Å². The van der Waals surface area contributed by atoms with Crippen molar-refractivity contribution in [2.24, 2.45) is 23.7 Å². The number of aliphatic hydroxyl groups is 1. The fraction of sp³-hybridized carbons (Fsp3) is 0.942. The van der Waals surface area contributed by atoms with Crippen LogP contribution in [-0.4, -0.2) is 96.7 Å². The van der Waals surface area contributed by atoms with Gasteiger partial charge in [-0.1, -0.05) is 287 Å². The van der Waals surface area contributed by atoms with Crippen molar-refractivity contribution in [3.63, 3.8) is 0 Å². The van der Waals surface area contributed by atoms with Gasteiger partial charge in [0, 0.05) is 25.7 Å². The molecule has 0 rings (SSSR count). The number of aliphatic hydroxyl groups excluding tert-OH is 1. The molecule has 17 nitrogen and oxygen atoms in total. The van der Waals surface area contributed by atoms with Gasteiger partial charge in [0.1, 0.15) is 19.3 Å². The Hall–Kier alpha value is -1.94. The quantitative estimate of drug-likeness (QED) is 0.0222. The molecule has 0 aromatic rings. The molecule has 0 aliphatic rings. The second-order valence-electron chi connectivity index (χ2n) is 26.8. The minimum Gasteiger partial charge on any atom is -0.462 e. The Balaban J connectivity index is 5.23. The molecule has 0 saturated carbocycles. The van der Waals surface area contributed by atoms with E-state index in [-0.39, 0.29) is 25.7 Å². The molecular weight excluding hydrogens is 1160 g/mol. The standard InChI is InChI=1S/C69H134O17P2/c1-59(2)45-37-29-21-15-11-9-10-12-17-25-33-41-49-66(71)79-55-65(86-69(74)52-44-36-28-20-24-32-40-48-62(7)8)58-84-88(77,78)82-54-63(70)53-81-87(75,76)83-57-64(56-80-67(72)50-42-34-27-19-23-31-39-47-61(5)6)85-68(73)51-43-35-26-18-14-13-16-22-30-38-46-60(3)4/h59-65,70H,9-58H2,1-8H3,(H,75,76)(H,77,78)/t63?,64-,65-/m1/s1. The summed E-state index contributed by atoms with van der Waals surface area (Å²) in [6.45, 7) is 14.0. The topological polar surface area (TPSA) is 237 Å². The highest BCUT2D eigenvalue weighted by Crippen LogP contribution is 2.45. The minimum atomic E-state index is -4.95. The second kappa shape index (κ2) is 58.8. The van der Waals surface area contributed by atoms with E-state index in [9.17, 15) is 43.2 Å². The number of carbonyl (C=O) groups excluding carboxylic acids is 4. The third-order valence-corrected chi connectivity index (χ3v) is 17.7. The van der Waals surface area contributed by atoms with Crippen LogP contribution in [0.4, 0.5) is 0 Å². The molecule has 0 aromatic carbocycles. The summed E-state index contributed by atoms with van der Waals surface area (Å²) in [5.41, 5.74) is 0. The van der Waals surface area contributed by atoms with E-state index < -0.39 is 97.5 Å². The Morgan fingerprint density at radius 2 is 0.477 bits per heavy atom. The Bertz CT molecular complexity index is 1750. The van der Waals surface area contributed by atoms with Gasteiger partial charge in [0.25, 0.3) is 0 Å². The van der Waals surface area contributed by atoms with E-state index in [0.717, 1.165) is 108 Å². The molecule has 19 heteroatoms. The van der Waals surface area contributed by atoms with Crippen LogP contribution in [-0.2, 0) is 65.4 Å². The lowest BCUT2D eigenvalue weighted by Crippen LogP contribution is -2.30. The lowest BCUT2D eigenvalue weighted by atomic mass is 10.0. The summed E-state index contributed by atoms with van der Waals surface area (Å²) >= 11 is 0. The highest BCUT2D eigenvalue weighted by atomic mass is 31.2. The zero-order chi connectivity index (χ0) is 65.4. The average molecular weight is 1300 g/mol. The van der Waals surface area contributed by atoms with E-state index in [1.807, 2.05) is 0 Å². The smallest absolute Gasteiger partial charge is 0.462 e. The van der Waals surface area contributed by atoms with Crippen molar-refractivity contribution >= 4 is 39.5 Å². The van der Waals surface area contributed by atoms with Crippen molar-refractivity contribution in [2.45, 2.75) is 356 Å². The van der Waals surface area contributed by atoms with E-state index in [0.29, 0.717) is 37.5 Å². The van der Waals surface area contributed by atoms with Gasteiger partial charge >= 0.3 is 39.5 Å². The molecule has 0 aliphatic heterocycles. The van der Waals surface area contributed by atoms with E-state index >= 15 is 0 Å². The van der Waals surface area contributed by atoms with Crippen LogP contribution in [0.1, 0.15) is 338 Å². The molecule has 0 aromatic heterocycles. The number of hydrogen-bond acceptors (Lipinski definition) is 15. The highest BCUT2D eigenvalue weighted by Gasteiger charge is 2.30. The van der Waals surface area contributed by atoms with Crippen LogP contribution in [0.5, 0.6) is 0 Å². The zero-order valence-corrected chi connectivity index (χ0v) is 59.1. The zero-order valence-electron chi connectivity index (χ0n) is 57.3. The number of esters is 4. The Kier molecular flexibility index (Phi) is 57.6. The van der Waals surface area contributed by atoms with Gasteiger partial charge in [0.05, 0.1) is 26.4 Å². The molecule has 0 heterocycles. The predicted octanol–water partition coefficient (Wildman–Crippen LogP) is 19.3. The summed E-state index contributed by atoms with van der Waals surface area (Å²) in [5, 5.41) is 10.6. The summed E-state index contributed by atoms with van der Waals surface area (Å²) in [6.07, 6.45) is 40.5. The molecule has 88 heavy (non-hydrogen) atoms. The minimum absolute atomic E-state index is 0.103. The van der Waals surface area contributed by atoms with Gasteiger partial charge in [0.15, 0.2) is 12.2 Å². The van der Waals surface area contributed by atoms with E-state index in [1.165, 1.54) is 135 Å². The predicted molar refractivity (Wildman–Crippen MR) is 354 cm³/mol. The first kappa shape index (κ1) is 86.1. The van der Waals surface area contributed by atoms with Crippen LogP contribution in [0.25, 0.3) is 0 Å². The summed E-state index contributed by atoms with van der Waals surface area (Å²) in [5.74, 6) is 0.801. The Labute approximate surface area is 537 Å². The number of rotatable bonds is 66. The average Bonchev–Trinajstić information content (AvgIpc) is 3.58. The number of ether oxygens (including phenoxy) is 4. The molecule has 5 atom stereocenters. The maximum Gasteiger partial charge on any atom is 0.472 e. The Morgan fingerprint density at radius 1 is 0.284 bits per heavy atom.